The van der Waals surface area contributed by atoms with Crippen LogP contribution in [0.1, 0.15) is 11.1 Å². The van der Waals surface area contributed by atoms with E-state index in [9.17, 15) is 13.6 Å². The van der Waals surface area contributed by atoms with Gasteiger partial charge in [0.15, 0.2) is 0 Å². The second kappa shape index (κ2) is 6.13. The van der Waals surface area contributed by atoms with Gasteiger partial charge in [-0.3, -0.25) is 4.79 Å². The Morgan fingerprint density at radius 2 is 1.95 bits per heavy atom. The van der Waals surface area contributed by atoms with Crippen LogP contribution in [0.15, 0.2) is 40.9 Å². The number of benzene rings is 2. The van der Waals surface area contributed by atoms with Gasteiger partial charge in [-0.15, -0.1) is 0 Å². The van der Waals surface area contributed by atoms with E-state index in [0.717, 1.165) is 22.2 Å². The first-order chi connectivity index (χ1) is 9.45. The topological polar surface area (TPSA) is 29.1 Å². The SMILES string of the molecule is Cc1ccc(Br)c(NC(=O)Cc2ccc(F)cc2F)c1. The molecular weight excluding hydrogens is 328 g/mol. The van der Waals surface area contributed by atoms with E-state index in [4.69, 9.17) is 0 Å². The lowest BCUT2D eigenvalue weighted by Crippen LogP contribution is -2.15. The van der Waals surface area contributed by atoms with Gasteiger partial charge >= 0.3 is 0 Å². The number of anilines is 1. The van der Waals surface area contributed by atoms with Crippen molar-refractivity contribution in [1.29, 1.82) is 0 Å². The number of aryl methyl sites for hydroxylation is 1. The second-order valence-corrected chi connectivity index (χ2v) is 5.30. The molecule has 1 N–H and O–H groups in total. The van der Waals surface area contributed by atoms with E-state index in [-0.39, 0.29) is 17.9 Å². The largest absolute Gasteiger partial charge is 0.325 e. The average Bonchev–Trinajstić information content (AvgIpc) is 2.37. The Morgan fingerprint density at radius 3 is 2.65 bits per heavy atom. The summed E-state index contributed by atoms with van der Waals surface area (Å²) in [4.78, 5) is 11.9. The maximum atomic E-state index is 13.5. The van der Waals surface area contributed by atoms with Crippen LogP contribution in [0.3, 0.4) is 0 Å². The highest BCUT2D eigenvalue weighted by molar-refractivity contribution is 9.10. The summed E-state index contributed by atoms with van der Waals surface area (Å²) in [5, 5.41) is 2.70. The van der Waals surface area contributed by atoms with Crippen molar-refractivity contribution < 1.29 is 13.6 Å². The Morgan fingerprint density at radius 1 is 1.20 bits per heavy atom. The molecule has 0 unspecified atom stereocenters. The summed E-state index contributed by atoms with van der Waals surface area (Å²) in [5.41, 5.74) is 1.78. The second-order valence-electron chi connectivity index (χ2n) is 4.44. The monoisotopic (exact) mass is 339 g/mol. The highest BCUT2D eigenvalue weighted by Crippen LogP contribution is 2.23. The van der Waals surface area contributed by atoms with Gasteiger partial charge in [-0.1, -0.05) is 12.1 Å². The summed E-state index contributed by atoms with van der Waals surface area (Å²) in [6.07, 6.45) is -0.146. The highest BCUT2D eigenvalue weighted by atomic mass is 79.9. The van der Waals surface area contributed by atoms with Crippen molar-refractivity contribution in [3.8, 4) is 0 Å². The zero-order valence-electron chi connectivity index (χ0n) is 10.7. The molecule has 2 rings (SSSR count). The fraction of sp³-hybridized carbons (Fsp3) is 0.133. The number of nitrogens with one attached hydrogen (secondary N) is 1. The number of carbonyl (C=O) groups is 1. The Labute approximate surface area is 123 Å². The summed E-state index contributed by atoms with van der Waals surface area (Å²) in [6, 6.07) is 8.71. The zero-order valence-corrected chi connectivity index (χ0v) is 12.3. The van der Waals surface area contributed by atoms with Crippen LogP contribution in [0.5, 0.6) is 0 Å². The van der Waals surface area contributed by atoms with E-state index in [0.29, 0.717) is 5.69 Å². The average molecular weight is 340 g/mol. The first-order valence-electron chi connectivity index (χ1n) is 5.95. The van der Waals surface area contributed by atoms with E-state index in [2.05, 4.69) is 21.2 Å². The van der Waals surface area contributed by atoms with E-state index in [1.165, 1.54) is 6.07 Å². The first-order valence-corrected chi connectivity index (χ1v) is 6.75. The van der Waals surface area contributed by atoms with Crippen LogP contribution in [0.25, 0.3) is 0 Å². The van der Waals surface area contributed by atoms with Crippen LogP contribution >= 0.6 is 15.9 Å². The normalized spacial score (nSPS) is 10.4. The van der Waals surface area contributed by atoms with Gasteiger partial charge in [-0.05, 0) is 52.2 Å². The summed E-state index contributed by atoms with van der Waals surface area (Å²) >= 11 is 3.33. The molecule has 5 heteroatoms. The summed E-state index contributed by atoms with van der Waals surface area (Å²) in [5.74, 6) is -1.74. The van der Waals surface area contributed by atoms with Gasteiger partial charge in [0.2, 0.25) is 5.91 Å². The third-order valence-electron chi connectivity index (χ3n) is 2.76. The molecule has 0 heterocycles. The molecule has 20 heavy (non-hydrogen) atoms. The van der Waals surface area contributed by atoms with Crippen molar-refractivity contribution in [3.05, 3.63) is 63.6 Å². The van der Waals surface area contributed by atoms with Crippen molar-refractivity contribution in [1.82, 2.24) is 0 Å². The maximum Gasteiger partial charge on any atom is 0.228 e. The molecule has 104 valence electrons. The standard InChI is InChI=1S/C15H12BrF2NO/c1-9-2-5-12(16)14(6-9)19-15(20)7-10-3-4-11(17)8-13(10)18/h2-6,8H,7H2,1H3,(H,19,20). The predicted molar refractivity (Wildman–Crippen MR) is 77.6 cm³/mol. The molecule has 0 bridgehead atoms. The molecule has 2 nitrogen and oxygen atoms in total. The van der Waals surface area contributed by atoms with Gasteiger partial charge in [-0.25, -0.2) is 8.78 Å². The van der Waals surface area contributed by atoms with E-state index < -0.39 is 11.6 Å². The van der Waals surface area contributed by atoms with E-state index >= 15 is 0 Å². The molecule has 0 saturated heterocycles. The van der Waals surface area contributed by atoms with Crippen molar-refractivity contribution in [2.75, 3.05) is 5.32 Å². The van der Waals surface area contributed by atoms with E-state index in [1.807, 2.05) is 25.1 Å². The molecule has 0 atom stereocenters. The minimum atomic E-state index is -0.719. The van der Waals surface area contributed by atoms with Crippen LogP contribution in [-0.4, -0.2) is 5.91 Å². The van der Waals surface area contributed by atoms with Gasteiger partial charge in [-0.2, -0.15) is 0 Å². The molecule has 0 aliphatic heterocycles. The van der Waals surface area contributed by atoms with Gasteiger partial charge in [0.1, 0.15) is 11.6 Å². The fourth-order valence-electron chi connectivity index (χ4n) is 1.77. The molecule has 0 aliphatic carbocycles. The van der Waals surface area contributed by atoms with Crippen molar-refractivity contribution >= 4 is 27.5 Å². The lowest BCUT2D eigenvalue weighted by molar-refractivity contribution is -0.115. The van der Waals surface area contributed by atoms with Crippen molar-refractivity contribution in [3.63, 3.8) is 0 Å². The summed E-state index contributed by atoms with van der Waals surface area (Å²) in [6.45, 7) is 1.90. The Bertz CT molecular complexity index is 658. The van der Waals surface area contributed by atoms with Gasteiger partial charge in [0, 0.05) is 10.5 Å². The number of amides is 1. The lowest BCUT2D eigenvalue weighted by atomic mass is 10.1. The Balaban J connectivity index is 2.11. The Hall–Kier alpha value is -1.75. The number of hydrogen-bond acceptors (Lipinski definition) is 1. The van der Waals surface area contributed by atoms with Crippen LogP contribution in [-0.2, 0) is 11.2 Å². The summed E-state index contributed by atoms with van der Waals surface area (Å²) < 4.78 is 27.0. The molecule has 0 aromatic heterocycles. The fourth-order valence-corrected chi connectivity index (χ4v) is 2.11. The molecule has 1 amide bonds. The minimum Gasteiger partial charge on any atom is -0.325 e. The third kappa shape index (κ3) is 3.63. The predicted octanol–water partition coefficient (Wildman–Crippen LogP) is 4.22. The number of rotatable bonds is 3. The Kier molecular flexibility index (Phi) is 4.49. The third-order valence-corrected chi connectivity index (χ3v) is 3.45. The van der Waals surface area contributed by atoms with Gasteiger partial charge < -0.3 is 5.32 Å². The van der Waals surface area contributed by atoms with Crippen LogP contribution in [0.2, 0.25) is 0 Å². The van der Waals surface area contributed by atoms with Crippen LogP contribution in [0, 0.1) is 18.6 Å². The molecule has 2 aromatic carbocycles. The quantitative estimate of drug-likeness (QED) is 0.891. The maximum absolute atomic E-state index is 13.5. The number of halogens is 3. The van der Waals surface area contributed by atoms with Crippen molar-refractivity contribution in [2.45, 2.75) is 13.3 Å². The van der Waals surface area contributed by atoms with E-state index in [1.54, 1.807) is 0 Å². The molecule has 0 spiro atoms. The number of carbonyl (C=O) groups excluding carboxylic acids is 1. The molecule has 0 radical (unpaired) electrons. The smallest absolute Gasteiger partial charge is 0.228 e. The van der Waals surface area contributed by atoms with Crippen LogP contribution < -0.4 is 5.32 Å². The molecule has 0 saturated carbocycles. The highest BCUT2D eigenvalue weighted by Gasteiger charge is 2.11. The zero-order chi connectivity index (χ0) is 14.7. The van der Waals surface area contributed by atoms with Gasteiger partial charge in [0.05, 0.1) is 12.1 Å². The minimum absolute atomic E-state index is 0.146. The summed E-state index contributed by atoms with van der Waals surface area (Å²) in [7, 11) is 0. The first kappa shape index (κ1) is 14.7. The molecule has 0 fully saturated rings. The lowest BCUT2D eigenvalue weighted by Gasteiger charge is -2.09. The number of hydrogen-bond donors (Lipinski definition) is 1. The molecule has 2 aromatic rings. The van der Waals surface area contributed by atoms with Gasteiger partial charge in [0.25, 0.3) is 0 Å². The molecule has 0 aliphatic rings. The van der Waals surface area contributed by atoms with Crippen LogP contribution in [0.4, 0.5) is 14.5 Å². The van der Waals surface area contributed by atoms with Crippen molar-refractivity contribution in [2.24, 2.45) is 0 Å². The molecular formula is C15H12BrF2NO.